The van der Waals surface area contributed by atoms with Gasteiger partial charge in [0.15, 0.2) is 0 Å². The van der Waals surface area contributed by atoms with Crippen LogP contribution in [0.15, 0.2) is 12.8 Å². The number of hydrogen-bond acceptors (Lipinski definition) is 1. The van der Waals surface area contributed by atoms with Crippen LogP contribution < -0.4 is 0 Å². The first-order valence-corrected chi connectivity index (χ1v) is 8.04. The molecule has 0 bridgehead atoms. The van der Waals surface area contributed by atoms with Gasteiger partial charge in [0.1, 0.15) is 0 Å². The third-order valence-electron chi connectivity index (χ3n) is 2.99. The van der Waals surface area contributed by atoms with Crippen LogP contribution in [0.25, 0.3) is 0 Å². The largest absolute Gasteiger partial charge is 0.502 e. The van der Waals surface area contributed by atoms with Crippen molar-refractivity contribution in [3.05, 3.63) is 12.8 Å². The molecule has 0 spiro atoms. The molecule has 2 heteroatoms. The predicted molar refractivity (Wildman–Crippen MR) is 58.2 cm³/mol. The SMILES string of the molecule is C=COCCC(C)(C)[Si](C)(C)C. The van der Waals surface area contributed by atoms with Crippen LogP contribution in [-0.2, 0) is 4.74 Å². The van der Waals surface area contributed by atoms with Gasteiger partial charge in [-0.15, -0.1) is 0 Å². The van der Waals surface area contributed by atoms with Gasteiger partial charge in [0.2, 0.25) is 0 Å². The van der Waals surface area contributed by atoms with Crippen molar-refractivity contribution in [1.29, 1.82) is 0 Å². The highest BCUT2D eigenvalue weighted by molar-refractivity contribution is 6.78. The minimum atomic E-state index is -1.05. The molecule has 0 amide bonds. The third kappa shape index (κ3) is 3.44. The molecule has 0 aliphatic carbocycles. The summed E-state index contributed by atoms with van der Waals surface area (Å²) in [6.45, 7) is 16.2. The summed E-state index contributed by atoms with van der Waals surface area (Å²) in [4.78, 5) is 0. The van der Waals surface area contributed by atoms with Gasteiger partial charge in [0.05, 0.1) is 20.9 Å². The lowest BCUT2D eigenvalue weighted by molar-refractivity contribution is 0.231. The Hall–Kier alpha value is -0.243. The molecule has 0 aromatic rings. The molecule has 0 aliphatic rings. The molecule has 0 heterocycles. The molecule has 0 saturated heterocycles. The van der Waals surface area contributed by atoms with Gasteiger partial charge in [-0.1, -0.05) is 40.1 Å². The van der Waals surface area contributed by atoms with Gasteiger partial charge in [-0.05, 0) is 11.5 Å². The van der Waals surface area contributed by atoms with Crippen LogP contribution in [0.4, 0.5) is 0 Å². The van der Waals surface area contributed by atoms with Gasteiger partial charge in [-0.25, -0.2) is 0 Å². The molecule has 0 radical (unpaired) electrons. The highest BCUT2D eigenvalue weighted by Gasteiger charge is 2.33. The summed E-state index contributed by atoms with van der Waals surface area (Å²) in [5, 5.41) is 0.454. The van der Waals surface area contributed by atoms with E-state index in [0.717, 1.165) is 13.0 Å². The van der Waals surface area contributed by atoms with Crippen LogP contribution in [0.3, 0.4) is 0 Å². The molecule has 0 aromatic carbocycles. The summed E-state index contributed by atoms with van der Waals surface area (Å²) in [5.74, 6) is 0. The predicted octanol–water partition coefficient (Wildman–Crippen LogP) is 3.66. The maximum absolute atomic E-state index is 5.15. The summed E-state index contributed by atoms with van der Waals surface area (Å²) >= 11 is 0. The number of hydrogen-bond donors (Lipinski definition) is 0. The van der Waals surface area contributed by atoms with E-state index in [0.29, 0.717) is 5.04 Å². The van der Waals surface area contributed by atoms with Crippen LogP contribution in [0, 0.1) is 0 Å². The lowest BCUT2D eigenvalue weighted by Crippen LogP contribution is -2.35. The van der Waals surface area contributed by atoms with Gasteiger partial charge in [0.25, 0.3) is 0 Å². The molecule has 0 fully saturated rings. The van der Waals surface area contributed by atoms with Gasteiger partial charge < -0.3 is 4.74 Å². The lowest BCUT2D eigenvalue weighted by Gasteiger charge is -2.37. The maximum Gasteiger partial charge on any atom is 0.0875 e. The Kier molecular flexibility index (Phi) is 4.04. The molecular weight excluding hydrogens is 164 g/mol. The van der Waals surface area contributed by atoms with Crippen molar-refractivity contribution in [3.63, 3.8) is 0 Å². The van der Waals surface area contributed by atoms with E-state index in [1.54, 1.807) is 0 Å². The lowest BCUT2D eigenvalue weighted by atomic mass is 10.1. The monoisotopic (exact) mass is 186 g/mol. The molecular formula is C10H22OSi. The zero-order chi connectivity index (χ0) is 9.83. The third-order valence-corrected chi connectivity index (χ3v) is 7.30. The normalized spacial score (nSPS) is 12.8. The summed E-state index contributed by atoms with van der Waals surface area (Å²) in [6.07, 6.45) is 2.66. The summed E-state index contributed by atoms with van der Waals surface area (Å²) in [6, 6.07) is 0. The van der Waals surface area contributed by atoms with E-state index in [1.807, 2.05) is 0 Å². The van der Waals surface area contributed by atoms with Gasteiger partial charge >= 0.3 is 0 Å². The van der Waals surface area contributed by atoms with Crippen molar-refractivity contribution in [2.24, 2.45) is 0 Å². The van der Waals surface area contributed by atoms with Gasteiger partial charge in [-0.3, -0.25) is 0 Å². The first-order chi connectivity index (χ1) is 5.31. The molecule has 72 valence electrons. The van der Waals surface area contributed by atoms with Gasteiger partial charge in [-0.2, -0.15) is 0 Å². The van der Waals surface area contributed by atoms with Crippen LogP contribution in [0.1, 0.15) is 20.3 Å². The van der Waals surface area contributed by atoms with Crippen molar-refractivity contribution in [2.45, 2.75) is 44.9 Å². The minimum absolute atomic E-state index is 0.454. The second-order valence-corrected chi connectivity index (χ2v) is 10.8. The standard InChI is InChI=1S/C10H22OSi/c1-7-11-9-8-10(2,3)12(4,5)6/h7H,1,8-9H2,2-6H3. The fourth-order valence-electron chi connectivity index (χ4n) is 0.772. The highest BCUT2D eigenvalue weighted by Crippen LogP contribution is 2.39. The fraction of sp³-hybridized carbons (Fsp3) is 0.800. The van der Waals surface area contributed by atoms with Crippen molar-refractivity contribution in [2.75, 3.05) is 6.61 Å². The average molecular weight is 186 g/mol. The molecule has 12 heavy (non-hydrogen) atoms. The topological polar surface area (TPSA) is 9.23 Å². The van der Waals surface area contributed by atoms with Crippen LogP contribution in [0.2, 0.25) is 24.7 Å². The Morgan fingerprint density at radius 2 is 1.83 bits per heavy atom. The molecule has 1 nitrogen and oxygen atoms in total. The van der Waals surface area contributed by atoms with E-state index in [2.05, 4.69) is 40.1 Å². The molecule has 0 rings (SSSR count). The second kappa shape index (κ2) is 4.12. The highest BCUT2D eigenvalue weighted by atomic mass is 28.3. The van der Waals surface area contributed by atoms with Crippen LogP contribution in [0.5, 0.6) is 0 Å². The maximum atomic E-state index is 5.15. The summed E-state index contributed by atoms with van der Waals surface area (Å²) in [7, 11) is -1.05. The van der Waals surface area contributed by atoms with Crippen molar-refractivity contribution in [1.82, 2.24) is 0 Å². The first-order valence-electron chi connectivity index (χ1n) is 4.54. The Bertz CT molecular complexity index is 144. The van der Waals surface area contributed by atoms with E-state index < -0.39 is 8.07 Å². The Morgan fingerprint density at radius 1 is 1.33 bits per heavy atom. The first kappa shape index (κ1) is 11.8. The molecule has 0 aromatic heterocycles. The minimum Gasteiger partial charge on any atom is -0.502 e. The molecule has 0 saturated carbocycles. The molecule has 0 N–H and O–H groups in total. The summed E-state index contributed by atoms with van der Waals surface area (Å²) < 4.78 is 5.15. The van der Waals surface area contributed by atoms with E-state index in [1.165, 1.54) is 6.26 Å². The smallest absolute Gasteiger partial charge is 0.0875 e. The fourth-order valence-corrected chi connectivity index (χ4v) is 1.62. The Labute approximate surface area is 77.8 Å². The van der Waals surface area contributed by atoms with E-state index in [4.69, 9.17) is 4.74 Å². The Morgan fingerprint density at radius 3 is 2.17 bits per heavy atom. The zero-order valence-electron chi connectivity index (χ0n) is 9.11. The quantitative estimate of drug-likeness (QED) is 0.362. The van der Waals surface area contributed by atoms with Crippen LogP contribution in [-0.4, -0.2) is 14.7 Å². The van der Waals surface area contributed by atoms with Crippen LogP contribution >= 0.6 is 0 Å². The van der Waals surface area contributed by atoms with Gasteiger partial charge in [0, 0.05) is 0 Å². The molecule has 0 unspecified atom stereocenters. The molecule has 0 atom stereocenters. The van der Waals surface area contributed by atoms with E-state index in [9.17, 15) is 0 Å². The molecule has 0 aliphatic heterocycles. The number of ether oxygens (including phenoxy) is 1. The van der Waals surface area contributed by atoms with Crippen molar-refractivity contribution in [3.8, 4) is 0 Å². The average Bonchev–Trinajstić information content (AvgIpc) is 1.85. The Balaban J connectivity index is 3.95. The summed E-state index contributed by atoms with van der Waals surface area (Å²) in [5.41, 5.74) is 0. The van der Waals surface area contributed by atoms with E-state index >= 15 is 0 Å². The number of rotatable bonds is 5. The van der Waals surface area contributed by atoms with Crippen molar-refractivity contribution < 1.29 is 4.74 Å². The van der Waals surface area contributed by atoms with E-state index in [-0.39, 0.29) is 0 Å². The zero-order valence-corrected chi connectivity index (χ0v) is 10.1. The van der Waals surface area contributed by atoms with Crippen molar-refractivity contribution >= 4 is 8.07 Å². The second-order valence-electron chi connectivity index (χ2n) is 4.92.